The molecular formula is C7H16N2O2S. The van der Waals surface area contributed by atoms with Gasteiger partial charge < -0.3 is 11.1 Å². The summed E-state index contributed by atoms with van der Waals surface area (Å²) in [5.41, 5.74) is 5.08. The van der Waals surface area contributed by atoms with Gasteiger partial charge in [0.15, 0.2) is 0 Å². The van der Waals surface area contributed by atoms with Gasteiger partial charge in [0.2, 0.25) is 5.91 Å². The molecular weight excluding hydrogens is 176 g/mol. The molecule has 4 nitrogen and oxygen atoms in total. The Labute approximate surface area is 75.4 Å². The fraction of sp³-hybridized carbons (Fsp3) is 0.857. The minimum Gasteiger partial charge on any atom is -0.355 e. The van der Waals surface area contributed by atoms with Crippen LogP contribution in [0.5, 0.6) is 0 Å². The number of hydrogen-bond acceptors (Lipinski definition) is 3. The lowest BCUT2D eigenvalue weighted by Crippen LogP contribution is -2.32. The molecule has 0 aromatic rings. The molecule has 0 radical (unpaired) electrons. The van der Waals surface area contributed by atoms with Crippen molar-refractivity contribution in [3.05, 3.63) is 0 Å². The van der Waals surface area contributed by atoms with Crippen LogP contribution < -0.4 is 11.1 Å². The Bertz CT molecular complexity index is 173. The van der Waals surface area contributed by atoms with Gasteiger partial charge in [-0.1, -0.05) is 6.92 Å². The molecule has 0 bridgehead atoms. The molecule has 5 heteroatoms. The predicted molar refractivity (Wildman–Crippen MR) is 50.2 cm³/mol. The summed E-state index contributed by atoms with van der Waals surface area (Å²) in [6, 6.07) is 0. The molecule has 1 amide bonds. The van der Waals surface area contributed by atoms with Crippen LogP contribution in [-0.2, 0) is 15.6 Å². The normalized spacial score (nSPS) is 15.2. The Morgan fingerprint density at radius 1 is 1.67 bits per heavy atom. The first kappa shape index (κ1) is 11.6. The third-order valence-electron chi connectivity index (χ3n) is 1.63. The lowest BCUT2D eigenvalue weighted by molar-refractivity contribution is -0.119. The van der Waals surface area contributed by atoms with Crippen molar-refractivity contribution in [2.75, 3.05) is 19.3 Å². The highest BCUT2D eigenvalue weighted by Crippen LogP contribution is 1.96. The number of carbonyl (C=O) groups excluding carboxylic acids is 1. The van der Waals surface area contributed by atoms with Gasteiger partial charge in [-0.25, -0.2) is 0 Å². The molecule has 12 heavy (non-hydrogen) atoms. The molecule has 0 heterocycles. The van der Waals surface area contributed by atoms with E-state index in [4.69, 9.17) is 5.73 Å². The van der Waals surface area contributed by atoms with Crippen LogP contribution in [-0.4, -0.2) is 34.7 Å². The lowest BCUT2D eigenvalue weighted by Gasteiger charge is -2.08. The molecule has 0 aromatic heterocycles. The van der Waals surface area contributed by atoms with Crippen molar-refractivity contribution in [2.24, 2.45) is 5.73 Å². The van der Waals surface area contributed by atoms with E-state index in [-0.39, 0.29) is 17.7 Å². The van der Waals surface area contributed by atoms with Crippen molar-refractivity contribution < 1.29 is 9.00 Å². The summed E-state index contributed by atoms with van der Waals surface area (Å²) in [4.78, 5) is 10.7. The standard InChI is InChI=1S/C7H16N2O2S/c1-6(12(2)11)3-4-9-7(10)5-8/h6H,3-5,8H2,1-2H3,(H,9,10). The average Bonchev–Trinajstić information content (AvgIpc) is 2.03. The minimum absolute atomic E-state index is 0.0175. The van der Waals surface area contributed by atoms with Gasteiger partial charge in [-0.15, -0.1) is 0 Å². The summed E-state index contributed by atoms with van der Waals surface area (Å²) in [6.07, 6.45) is 2.39. The Morgan fingerprint density at radius 2 is 2.25 bits per heavy atom. The Kier molecular flexibility index (Phi) is 5.92. The average molecular weight is 192 g/mol. The van der Waals surface area contributed by atoms with Crippen molar-refractivity contribution in [3.8, 4) is 0 Å². The molecule has 2 atom stereocenters. The molecule has 2 unspecified atom stereocenters. The van der Waals surface area contributed by atoms with E-state index in [9.17, 15) is 9.00 Å². The third-order valence-corrected chi connectivity index (χ3v) is 2.99. The van der Waals surface area contributed by atoms with Crippen LogP contribution in [0.4, 0.5) is 0 Å². The molecule has 0 saturated heterocycles. The summed E-state index contributed by atoms with van der Waals surface area (Å²) in [5.74, 6) is -0.163. The Balaban J connectivity index is 3.43. The molecule has 0 aromatic carbocycles. The largest absolute Gasteiger partial charge is 0.355 e. The van der Waals surface area contributed by atoms with E-state index >= 15 is 0 Å². The van der Waals surface area contributed by atoms with E-state index in [0.717, 1.165) is 6.42 Å². The Hall–Kier alpha value is -0.420. The molecule has 0 aliphatic heterocycles. The number of amides is 1. The molecule has 72 valence electrons. The van der Waals surface area contributed by atoms with Crippen LogP contribution in [0.25, 0.3) is 0 Å². The molecule has 0 fully saturated rings. The van der Waals surface area contributed by atoms with Crippen LogP contribution in [0.15, 0.2) is 0 Å². The summed E-state index contributed by atoms with van der Waals surface area (Å²) in [7, 11) is -0.810. The van der Waals surface area contributed by atoms with Gasteiger partial charge in [-0.05, 0) is 6.42 Å². The Morgan fingerprint density at radius 3 is 2.67 bits per heavy atom. The molecule has 0 aliphatic carbocycles. The summed E-state index contributed by atoms with van der Waals surface area (Å²) in [5, 5.41) is 2.75. The first-order valence-corrected chi connectivity index (χ1v) is 5.49. The second kappa shape index (κ2) is 6.14. The first-order chi connectivity index (χ1) is 5.57. The van der Waals surface area contributed by atoms with Crippen molar-refractivity contribution >= 4 is 16.7 Å². The van der Waals surface area contributed by atoms with Crippen LogP contribution in [0.3, 0.4) is 0 Å². The highest BCUT2D eigenvalue weighted by Gasteiger charge is 2.05. The second-order valence-electron chi connectivity index (χ2n) is 2.65. The number of nitrogens with one attached hydrogen (secondary N) is 1. The summed E-state index contributed by atoms with van der Waals surface area (Å²) in [6.45, 7) is 2.46. The topological polar surface area (TPSA) is 72.2 Å². The van der Waals surface area contributed by atoms with Gasteiger partial charge in [0.25, 0.3) is 0 Å². The number of nitrogens with two attached hydrogens (primary N) is 1. The van der Waals surface area contributed by atoms with Gasteiger partial charge in [-0.3, -0.25) is 9.00 Å². The van der Waals surface area contributed by atoms with Crippen molar-refractivity contribution in [2.45, 2.75) is 18.6 Å². The highest BCUT2D eigenvalue weighted by atomic mass is 32.2. The fourth-order valence-electron chi connectivity index (χ4n) is 0.653. The van der Waals surface area contributed by atoms with Gasteiger partial charge in [0, 0.05) is 28.9 Å². The minimum atomic E-state index is -0.810. The van der Waals surface area contributed by atoms with Crippen LogP contribution in [0, 0.1) is 0 Å². The van der Waals surface area contributed by atoms with E-state index < -0.39 is 10.8 Å². The maximum absolute atomic E-state index is 10.9. The lowest BCUT2D eigenvalue weighted by atomic mass is 10.3. The van der Waals surface area contributed by atoms with E-state index in [1.807, 2.05) is 6.92 Å². The number of hydrogen-bond donors (Lipinski definition) is 2. The van der Waals surface area contributed by atoms with Crippen LogP contribution in [0.1, 0.15) is 13.3 Å². The maximum atomic E-state index is 10.9. The van der Waals surface area contributed by atoms with Gasteiger partial charge in [0.1, 0.15) is 0 Å². The summed E-state index contributed by atoms with van der Waals surface area (Å²) >= 11 is 0. The van der Waals surface area contributed by atoms with E-state index in [0.29, 0.717) is 6.54 Å². The third kappa shape index (κ3) is 5.26. The molecule has 0 spiro atoms. The fourth-order valence-corrected chi connectivity index (χ4v) is 1.10. The van der Waals surface area contributed by atoms with Crippen molar-refractivity contribution in [3.63, 3.8) is 0 Å². The van der Waals surface area contributed by atoms with Gasteiger partial charge in [-0.2, -0.15) is 0 Å². The zero-order valence-electron chi connectivity index (χ0n) is 7.50. The van der Waals surface area contributed by atoms with Crippen molar-refractivity contribution in [1.82, 2.24) is 5.32 Å². The maximum Gasteiger partial charge on any atom is 0.233 e. The molecule has 0 rings (SSSR count). The van der Waals surface area contributed by atoms with Gasteiger partial charge >= 0.3 is 0 Å². The number of carbonyl (C=O) groups is 1. The van der Waals surface area contributed by atoms with Crippen LogP contribution in [0.2, 0.25) is 0 Å². The monoisotopic (exact) mass is 192 g/mol. The van der Waals surface area contributed by atoms with E-state index in [1.54, 1.807) is 6.26 Å². The molecule has 0 saturated carbocycles. The van der Waals surface area contributed by atoms with Gasteiger partial charge in [0.05, 0.1) is 6.54 Å². The zero-order valence-corrected chi connectivity index (χ0v) is 8.32. The smallest absolute Gasteiger partial charge is 0.233 e. The molecule has 3 N–H and O–H groups in total. The van der Waals surface area contributed by atoms with E-state index in [1.165, 1.54) is 0 Å². The highest BCUT2D eigenvalue weighted by molar-refractivity contribution is 7.84. The molecule has 0 aliphatic rings. The SMILES string of the molecule is CC(CCNC(=O)CN)S(C)=O. The van der Waals surface area contributed by atoms with Crippen LogP contribution >= 0.6 is 0 Å². The quantitative estimate of drug-likeness (QED) is 0.600. The van der Waals surface area contributed by atoms with E-state index in [2.05, 4.69) is 5.32 Å². The first-order valence-electron chi connectivity index (χ1n) is 3.87. The summed E-state index contributed by atoms with van der Waals surface area (Å²) < 4.78 is 10.9. The number of rotatable bonds is 5. The van der Waals surface area contributed by atoms with Crippen molar-refractivity contribution in [1.29, 1.82) is 0 Å². The second-order valence-corrected chi connectivity index (χ2v) is 4.45. The predicted octanol–water partition coefficient (Wildman–Crippen LogP) is -0.782. The zero-order chi connectivity index (χ0) is 9.56.